The smallest absolute Gasteiger partial charge is 0.0250 e. The molecule has 0 aliphatic carbocycles. The summed E-state index contributed by atoms with van der Waals surface area (Å²) < 4.78 is 0. The van der Waals surface area contributed by atoms with Crippen LogP contribution in [0.2, 0.25) is 0 Å². The van der Waals surface area contributed by atoms with Gasteiger partial charge in [0.25, 0.3) is 0 Å². The molecule has 0 bridgehead atoms. The van der Waals surface area contributed by atoms with Gasteiger partial charge in [0.2, 0.25) is 0 Å². The third-order valence-corrected chi connectivity index (χ3v) is 2.09. The van der Waals surface area contributed by atoms with Gasteiger partial charge in [-0.25, -0.2) is 0 Å². The Morgan fingerprint density at radius 1 is 1.25 bits per heavy atom. The van der Waals surface area contributed by atoms with Gasteiger partial charge in [-0.3, -0.25) is 0 Å². The van der Waals surface area contributed by atoms with Crippen molar-refractivity contribution in [3.63, 3.8) is 0 Å². The van der Waals surface area contributed by atoms with Crippen molar-refractivity contribution in [2.75, 3.05) is 7.05 Å². The van der Waals surface area contributed by atoms with Crippen molar-refractivity contribution in [1.82, 2.24) is 4.90 Å². The second-order valence-electron chi connectivity index (χ2n) is 3.10. The van der Waals surface area contributed by atoms with E-state index in [-0.39, 0.29) is 0 Å². The molecule has 1 unspecified atom stereocenters. The Balaban J connectivity index is 3.74. The zero-order chi connectivity index (χ0) is 9.40. The fraction of sp³-hybridized carbons (Fsp3) is 0.636. The zero-order valence-electron chi connectivity index (χ0n) is 8.75. The standard InChI is InChI=1S/C11H21N/c1-5-7-8-9-10-12(4)11(3)6-2/h7-11H,5-6H2,1-4H3/b8-7?,10-9-. The molecule has 0 aliphatic rings. The lowest BCUT2D eigenvalue weighted by molar-refractivity contribution is 0.343. The van der Waals surface area contributed by atoms with Crippen molar-refractivity contribution in [1.29, 1.82) is 0 Å². The molecule has 0 spiro atoms. The monoisotopic (exact) mass is 167 g/mol. The molecule has 0 saturated heterocycles. The Morgan fingerprint density at radius 3 is 2.42 bits per heavy atom. The lowest BCUT2D eigenvalue weighted by Gasteiger charge is -2.20. The second-order valence-corrected chi connectivity index (χ2v) is 3.10. The van der Waals surface area contributed by atoms with Gasteiger partial charge in [0.1, 0.15) is 0 Å². The predicted molar refractivity (Wildman–Crippen MR) is 56.1 cm³/mol. The molecular weight excluding hydrogens is 146 g/mol. The van der Waals surface area contributed by atoms with E-state index in [0.29, 0.717) is 6.04 Å². The first kappa shape index (κ1) is 11.3. The summed E-state index contributed by atoms with van der Waals surface area (Å²) in [5.41, 5.74) is 0. The van der Waals surface area contributed by atoms with Gasteiger partial charge < -0.3 is 4.90 Å². The van der Waals surface area contributed by atoms with Gasteiger partial charge in [-0.2, -0.15) is 0 Å². The third kappa shape index (κ3) is 5.00. The minimum atomic E-state index is 0.635. The van der Waals surface area contributed by atoms with Gasteiger partial charge in [0, 0.05) is 13.1 Å². The SMILES string of the molecule is CCC=C/C=C\N(C)C(C)CC. The number of rotatable bonds is 5. The van der Waals surface area contributed by atoms with Gasteiger partial charge in [-0.05, 0) is 32.0 Å². The maximum absolute atomic E-state index is 2.24. The molecule has 12 heavy (non-hydrogen) atoms. The predicted octanol–water partition coefficient (Wildman–Crippen LogP) is 3.20. The van der Waals surface area contributed by atoms with Gasteiger partial charge >= 0.3 is 0 Å². The molecule has 1 atom stereocenters. The van der Waals surface area contributed by atoms with Crippen molar-refractivity contribution in [2.45, 2.75) is 39.7 Å². The summed E-state index contributed by atoms with van der Waals surface area (Å²) in [5.74, 6) is 0. The summed E-state index contributed by atoms with van der Waals surface area (Å²) in [6.45, 7) is 6.58. The molecule has 0 heterocycles. The Labute approximate surface area is 76.8 Å². The molecule has 0 amide bonds. The lowest BCUT2D eigenvalue weighted by atomic mass is 10.2. The van der Waals surface area contributed by atoms with Crippen LogP contribution in [-0.2, 0) is 0 Å². The molecular formula is C11H21N. The highest BCUT2D eigenvalue weighted by molar-refractivity contribution is 5.01. The van der Waals surface area contributed by atoms with Crippen LogP contribution in [-0.4, -0.2) is 18.0 Å². The number of hydrogen-bond donors (Lipinski definition) is 0. The topological polar surface area (TPSA) is 3.24 Å². The summed E-state index contributed by atoms with van der Waals surface area (Å²) in [6, 6.07) is 0.635. The molecule has 0 aromatic carbocycles. The average molecular weight is 167 g/mol. The second kappa shape index (κ2) is 6.96. The van der Waals surface area contributed by atoms with Crippen molar-refractivity contribution in [2.24, 2.45) is 0 Å². The first-order chi connectivity index (χ1) is 5.72. The molecule has 0 rings (SSSR count). The molecule has 1 nitrogen and oxygen atoms in total. The van der Waals surface area contributed by atoms with Crippen molar-refractivity contribution in [3.05, 3.63) is 24.4 Å². The average Bonchev–Trinajstić information content (AvgIpc) is 2.10. The summed E-state index contributed by atoms with van der Waals surface area (Å²) >= 11 is 0. The van der Waals surface area contributed by atoms with E-state index < -0.39 is 0 Å². The molecule has 0 fully saturated rings. The van der Waals surface area contributed by atoms with Gasteiger partial charge in [0.15, 0.2) is 0 Å². The van der Waals surface area contributed by atoms with Crippen molar-refractivity contribution < 1.29 is 0 Å². The summed E-state index contributed by atoms with van der Waals surface area (Å²) in [4.78, 5) is 2.24. The summed E-state index contributed by atoms with van der Waals surface area (Å²) in [5, 5.41) is 0. The first-order valence-electron chi connectivity index (χ1n) is 4.77. The summed E-state index contributed by atoms with van der Waals surface area (Å²) in [6.07, 6.45) is 10.8. The van der Waals surface area contributed by atoms with Crippen molar-refractivity contribution in [3.8, 4) is 0 Å². The van der Waals surface area contributed by atoms with E-state index in [4.69, 9.17) is 0 Å². The Bertz CT molecular complexity index is 147. The van der Waals surface area contributed by atoms with E-state index in [1.807, 2.05) is 0 Å². The Kier molecular flexibility index (Phi) is 6.54. The first-order valence-corrected chi connectivity index (χ1v) is 4.77. The van der Waals surface area contributed by atoms with Gasteiger partial charge in [-0.1, -0.05) is 26.0 Å². The normalized spacial score (nSPS) is 14.3. The maximum Gasteiger partial charge on any atom is 0.0250 e. The van der Waals surface area contributed by atoms with E-state index in [0.717, 1.165) is 6.42 Å². The molecule has 1 heteroatoms. The highest BCUT2D eigenvalue weighted by Crippen LogP contribution is 2.00. The van der Waals surface area contributed by atoms with Crippen LogP contribution in [0.5, 0.6) is 0 Å². The molecule has 0 radical (unpaired) electrons. The highest BCUT2D eigenvalue weighted by Gasteiger charge is 1.99. The molecule has 0 aromatic rings. The number of nitrogens with zero attached hydrogens (tertiary/aromatic N) is 1. The van der Waals surface area contributed by atoms with E-state index in [1.165, 1.54) is 6.42 Å². The van der Waals surface area contributed by atoms with Crippen LogP contribution in [0.4, 0.5) is 0 Å². The maximum atomic E-state index is 2.24. The Morgan fingerprint density at radius 2 is 1.92 bits per heavy atom. The largest absolute Gasteiger partial charge is 0.378 e. The van der Waals surface area contributed by atoms with Crippen LogP contribution < -0.4 is 0 Å². The fourth-order valence-electron chi connectivity index (χ4n) is 0.835. The van der Waals surface area contributed by atoms with Crippen LogP contribution >= 0.6 is 0 Å². The summed E-state index contributed by atoms with van der Waals surface area (Å²) in [7, 11) is 2.12. The van der Waals surface area contributed by atoms with Crippen LogP contribution in [0.3, 0.4) is 0 Å². The highest BCUT2D eigenvalue weighted by atomic mass is 15.1. The number of hydrogen-bond acceptors (Lipinski definition) is 1. The van der Waals surface area contributed by atoms with E-state index in [1.54, 1.807) is 0 Å². The van der Waals surface area contributed by atoms with Crippen LogP contribution in [0, 0.1) is 0 Å². The molecule has 0 aliphatic heterocycles. The van der Waals surface area contributed by atoms with Crippen LogP contribution in [0.25, 0.3) is 0 Å². The van der Waals surface area contributed by atoms with Crippen LogP contribution in [0.1, 0.15) is 33.6 Å². The van der Waals surface area contributed by atoms with E-state index in [9.17, 15) is 0 Å². The van der Waals surface area contributed by atoms with E-state index in [2.05, 4.69) is 57.1 Å². The van der Waals surface area contributed by atoms with Gasteiger partial charge in [0.05, 0.1) is 0 Å². The third-order valence-electron chi connectivity index (χ3n) is 2.09. The van der Waals surface area contributed by atoms with Gasteiger partial charge in [-0.15, -0.1) is 0 Å². The minimum absolute atomic E-state index is 0.635. The molecule has 0 saturated carbocycles. The molecule has 0 N–H and O–H groups in total. The number of allylic oxidation sites excluding steroid dienone is 3. The quantitative estimate of drug-likeness (QED) is 0.568. The van der Waals surface area contributed by atoms with Crippen LogP contribution in [0.15, 0.2) is 24.4 Å². The zero-order valence-corrected chi connectivity index (χ0v) is 8.75. The lowest BCUT2D eigenvalue weighted by Crippen LogP contribution is -2.22. The molecule has 70 valence electrons. The van der Waals surface area contributed by atoms with Crippen molar-refractivity contribution >= 4 is 0 Å². The minimum Gasteiger partial charge on any atom is -0.378 e. The van der Waals surface area contributed by atoms with E-state index >= 15 is 0 Å². The fourth-order valence-corrected chi connectivity index (χ4v) is 0.835. The molecule has 0 aromatic heterocycles. The Hall–Kier alpha value is -0.720.